The molecule has 2 heterocycles. The second-order valence-electron chi connectivity index (χ2n) is 6.16. The summed E-state index contributed by atoms with van der Waals surface area (Å²) in [4.78, 5) is 33.3. The number of H-pyrrole nitrogens is 1. The van der Waals surface area contributed by atoms with Crippen molar-refractivity contribution in [2.24, 2.45) is 5.92 Å². The van der Waals surface area contributed by atoms with Crippen LogP contribution in [0.5, 0.6) is 0 Å². The smallest absolute Gasteiger partial charge is 0.259 e. The summed E-state index contributed by atoms with van der Waals surface area (Å²) >= 11 is 3.02. The molecule has 1 saturated carbocycles. The van der Waals surface area contributed by atoms with E-state index in [1.165, 1.54) is 24.6 Å². The summed E-state index contributed by atoms with van der Waals surface area (Å²) < 4.78 is 0. The van der Waals surface area contributed by atoms with Crippen molar-refractivity contribution < 1.29 is 4.79 Å². The average Bonchev–Trinajstić information content (AvgIpc) is 3.27. The van der Waals surface area contributed by atoms with Crippen molar-refractivity contribution >= 4 is 39.2 Å². The van der Waals surface area contributed by atoms with Crippen LogP contribution in [0.4, 0.5) is 0 Å². The second-order valence-corrected chi connectivity index (χ2v) is 8.35. The standard InChI is InChI=1S/C16H21N3O2S2/c1-8-10(3)23-16-14(8)15(21)18-12(19-16)6-22-7-13(20)17-9(2)11-4-5-11/h9,11H,4-7H2,1-3H3,(H,17,20)(H,18,19,21)/t9-/m1/s1. The van der Waals surface area contributed by atoms with E-state index < -0.39 is 0 Å². The third kappa shape index (κ3) is 3.77. The van der Waals surface area contributed by atoms with Gasteiger partial charge in [-0.05, 0) is 45.1 Å². The van der Waals surface area contributed by atoms with Gasteiger partial charge in [0.05, 0.1) is 16.9 Å². The number of amides is 1. The molecule has 0 saturated heterocycles. The van der Waals surface area contributed by atoms with Crippen LogP contribution < -0.4 is 10.9 Å². The molecule has 1 amide bonds. The number of thiophene rings is 1. The van der Waals surface area contributed by atoms with Crippen LogP contribution in [0.2, 0.25) is 0 Å². The van der Waals surface area contributed by atoms with Gasteiger partial charge in [0.15, 0.2) is 0 Å². The number of aromatic amines is 1. The zero-order valence-corrected chi connectivity index (χ0v) is 15.2. The minimum absolute atomic E-state index is 0.0561. The minimum atomic E-state index is -0.0840. The van der Waals surface area contributed by atoms with Crippen LogP contribution in [-0.2, 0) is 10.5 Å². The predicted molar refractivity (Wildman–Crippen MR) is 96.2 cm³/mol. The zero-order chi connectivity index (χ0) is 16.6. The molecule has 1 fully saturated rings. The van der Waals surface area contributed by atoms with Crippen molar-refractivity contribution in [3.8, 4) is 0 Å². The largest absolute Gasteiger partial charge is 0.353 e. The first kappa shape index (κ1) is 16.5. The van der Waals surface area contributed by atoms with Crippen LogP contribution >= 0.6 is 23.1 Å². The van der Waals surface area contributed by atoms with Gasteiger partial charge in [-0.1, -0.05) is 0 Å². The van der Waals surface area contributed by atoms with E-state index >= 15 is 0 Å². The van der Waals surface area contributed by atoms with Gasteiger partial charge in [-0.2, -0.15) is 0 Å². The lowest BCUT2D eigenvalue weighted by atomic mass is 10.2. The third-order valence-electron chi connectivity index (χ3n) is 4.28. The van der Waals surface area contributed by atoms with Crippen molar-refractivity contribution in [2.45, 2.75) is 45.4 Å². The molecular weight excluding hydrogens is 330 g/mol. The van der Waals surface area contributed by atoms with Crippen LogP contribution in [0.3, 0.4) is 0 Å². The van der Waals surface area contributed by atoms with Crippen LogP contribution in [0.1, 0.15) is 36.0 Å². The maximum atomic E-state index is 12.2. The Morgan fingerprint density at radius 3 is 2.91 bits per heavy atom. The molecule has 0 aromatic carbocycles. The minimum Gasteiger partial charge on any atom is -0.353 e. The summed E-state index contributed by atoms with van der Waals surface area (Å²) in [6, 6.07) is 0.273. The van der Waals surface area contributed by atoms with E-state index in [9.17, 15) is 9.59 Å². The highest BCUT2D eigenvalue weighted by Crippen LogP contribution is 2.32. The fraction of sp³-hybridized carbons (Fsp3) is 0.562. The lowest BCUT2D eigenvalue weighted by molar-refractivity contribution is -0.119. The van der Waals surface area contributed by atoms with Crippen molar-refractivity contribution in [2.75, 3.05) is 5.75 Å². The summed E-state index contributed by atoms with van der Waals surface area (Å²) in [6.45, 7) is 6.01. The van der Waals surface area contributed by atoms with E-state index in [4.69, 9.17) is 0 Å². The maximum absolute atomic E-state index is 12.2. The summed E-state index contributed by atoms with van der Waals surface area (Å²) in [6.07, 6.45) is 2.44. The van der Waals surface area contributed by atoms with Gasteiger partial charge in [-0.15, -0.1) is 23.1 Å². The van der Waals surface area contributed by atoms with E-state index in [1.807, 2.05) is 13.8 Å². The van der Waals surface area contributed by atoms with E-state index in [0.29, 0.717) is 28.6 Å². The summed E-state index contributed by atoms with van der Waals surface area (Å²) in [5.74, 6) is 2.28. The van der Waals surface area contributed by atoms with Crippen LogP contribution in [0.15, 0.2) is 4.79 Å². The van der Waals surface area contributed by atoms with Gasteiger partial charge in [0, 0.05) is 10.9 Å². The highest BCUT2D eigenvalue weighted by atomic mass is 32.2. The van der Waals surface area contributed by atoms with Gasteiger partial charge in [-0.3, -0.25) is 9.59 Å². The SMILES string of the molecule is Cc1sc2nc(CSCC(=O)N[C@H](C)C3CC3)[nH]c(=O)c2c1C. The fourth-order valence-corrected chi connectivity index (χ4v) is 4.37. The van der Waals surface area contributed by atoms with E-state index in [-0.39, 0.29) is 17.5 Å². The molecule has 124 valence electrons. The number of carbonyl (C=O) groups excluding carboxylic acids is 1. The van der Waals surface area contributed by atoms with Gasteiger partial charge < -0.3 is 10.3 Å². The number of hydrogen-bond donors (Lipinski definition) is 2. The number of thioether (sulfide) groups is 1. The Bertz CT molecular complexity index is 792. The second kappa shape index (κ2) is 6.65. The summed E-state index contributed by atoms with van der Waals surface area (Å²) in [5, 5.41) is 3.72. The first-order valence-corrected chi connectivity index (χ1v) is 9.79. The molecule has 2 aromatic rings. The van der Waals surface area contributed by atoms with Crippen molar-refractivity contribution in [3.63, 3.8) is 0 Å². The summed E-state index contributed by atoms with van der Waals surface area (Å²) in [7, 11) is 0. The Balaban J connectivity index is 1.59. The third-order valence-corrected chi connectivity index (χ3v) is 6.32. The number of nitrogens with one attached hydrogen (secondary N) is 2. The Kier molecular flexibility index (Phi) is 4.77. The molecule has 0 aliphatic heterocycles. The predicted octanol–water partition coefficient (Wildman–Crippen LogP) is 2.75. The van der Waals surface area contributed by atoms with Gasteiger partial charge in [0.2, 0.25) is 5.91 Å². The molecule has 23 heavy (non-hydrogen) atoms. The molecule has 7 heteroatoms. The number of aryl methyl sites for hydroxylation is 2. The quantitative estimate of drug-likeness (QED) is 0.839. The van der Waals surface area contributed by atoms with Crippen molar-refractivity contribution in [1.29, 1.82) is 0 Å². The molecule has 5 nitrogen and oxygen atoms in total. The molecule has 1 atom stereocenters. The molecule has 0 bridgehead atoms. The van der Waals surface area contributed by atoms with Crippen LogP contribution in [-0.4, -0.2) is 27.7 Å². The molecule has 0 unspecified atom stereocenters. The van der Waals surface area contributed by atoms with Crippen LogP contribution in [0.25, 0.3) is 10.2 Å². The molecule has 2 aromatic heterocycles. The van der Waals surface area contributed by atoms with Gasteiger partial charge >= 0.3 is 0 Å². The van der Waals surface area contributed by atoms with Crippen molar-refractivity contribution in [3.05, 3.63) is 26.6 Å². The molecule has 0 radical (unpaired) electrons. The monoisotopic (exact) mass is 351 g/mol. The number of rotatable bonds is 6. The lowest BCUT2D eigenvalue weighted by Gasteiger charge is -2.12. The fourth-order valence-electron chi connectivity index (χ4n) is 2.62. The van der Waals surface area contributed by atoms with Gasteiger partial charge in [0.1, 0.15) is 10.7 Å². The molecule has 0 spiro atoms. The molecule has 2 N–H and O–H groups in total. The zero-order valence-electron chi connectivity index (χ0n) is 13.6. The molecule has 3 rings (SSSR count). The van der Waals surface area contributed by atoms with Crippen LogP contribution in [0, 0.1) is 19.8 Å². The number of nitrogens with zero attached hydrogens (tertiary/aromatic N) is 1. The molecule has 1 aliphatic carbocycles. The number of aromatic nitrogens is 2. The molecule has 1 aliphatic rings. The highest BCUT2D eigenvalue weighted by Gasteiger charge is 2.28. The van der Waals surface area contributed by atoms with Crippen molar-refractivity contribution in [1.82, 2.24) is 15.3 Å². The van der Waals surface area contributed by atoms with Gasteiger partial charge in [-0.25, -0.2) is 4.98 Å². The topological polar surface area (TPSA) is 74.8 Å². The average molecular weight is 351 g/mol. The Hall–Kier alpha value is -1.34. The number of hydrogen-bond acceptors (Lipinski definition) is 5. The first-order valence-electron chi connectivity index (χ1n) is 7.81. The maximum Gasteiger partial charge on any atom is 0.259 e. The molecular formula is C16H21N3O2S2. The van der Waals surface area contributed by atoms with Gasteiger partial charge in [0.25, 0.3) is 5.56 Å². The Morgan fingerprint density at radius 2 is 2.22 bits per heavy atom. The summed E-state index contributed by atoms with van der Waals surface area (Å²) in [5.41, 5.74) is 0.922. The van der Waals surface area contributed by atoms with E-state index in [0.717, 1.165) is 15.3 Å². The number of carbonyl (C=O) groups is 1. The Morgan fingerprint density at radius 1 is 1.48 bits per heavy atom. The van der Waals surface area contributed by atoms with E-state index in [1.54, 1.807) is 11.3 Å². The number of fused-ring (bicyclic) bond motifs is 1. The Labute approximate surface area is 143 Å². The van der Waals surface area contributed by atoms with E-state index in [2.05, 4.69) is 22.2 Å². The lowest BCUT2D eigenvalue weighted by Crippen LogP contribution is -2.35. The highest BCUT2D eigenvalue weighted by molar-refractivity contribution is 7.99. The normalized spacial score (nSPS) is 15.8. The first-order chi connectivity index (χ1) is 11.0.